The molecule has 1 unspecified atom stereocenters. The molecule has 0 fully saturated rings. The molecule has 0 saturated heterocycles. The van der Waals surface area contributed by atoms with Gasteiger partial charge in [-0.15, -0.1) is 0 Å². The highest BCUT2D eigenvalue weighted by atomic mass is 14.6. The first-order valence-corrected chi connectivity index (χ1v) is 6.14. The average Bonchev–Trinajstić information content (AvgIpc) is 2.47. The van der Waals surface area contributed by atoms with Crippen LogP contribution in [0.1, 0.15) is 17.2 Å². The Kier molecular flexibility index (Phi) is 2.83. The molecule has 0 aliphatic carbocycles. The summed E-state index contributed by atoms with van der Waals surface area (Å²) in [6, 6.07) is 24.8. The smallest absolute Gasteiger partial charge is 0.0557 e. The maximum Gasteiger partial charge on any atom is 0.0557 e. The quantitative estimate of drug-likeness (QED) is 0.714. The van der Waals surface area contributed by atoms with Crippen LogP contribution in [0.2, 0.25) is 0 Å². The number of hydrogen-bond acceptors (Lipinski definition) is 1. The van der Waals surface area contributed by atoms with Gasteiger partial charge in [0.25, 0.3) is 0 Å². The number of fused-ring (bicyclic) bond motifs is 1. The molecule has 0 bridgehead atoms. The maximum atomic E-state index is 6.38. The minimum atomic E-state index is -0.0719. The Bertz CT molecular complexity index is 653. The van der Waals surface area contributed by atoms with Gasteiger partial charge in [-0.2, -0.15) is 0 Å². The molecule has 3 aromatic carbocycles. The van der Waals surface area contributed by atoms with Gasteiger partial charge in [0.05, 0.1) is 6.04 Å². The summed E-state index contributed by atoms with van der Waals surface area (Å²) in [4.78, 5) is 0. The summed E-state index contributed by atoms with van der Waals surface area (Å²) in [5.74, 6) is 0. The van der Waals surface area contributed by atoms with E-state index in [2.05, 4.69) is 54.6 Å². The third kappa shape index (κ3) is 1.89. The molecule has 0 saturated carbocycles. The van der Waals surface area contributed by atoms with Crippen molar-refractivity contribution in [3.8, 4) is 0 Å². The van der Waals surface area contributed by atoms with Gasteiger partial charge in [0, 0.05) is 0 Å². The Hall–Kier alpha value is -2.12. The Morgan fingerprint density at radius 1 is 0.667 bits per heavy atom. The van der Waals surface area contributed by atoms with Gasteiger partial charge in [-0.25, -0.2) is 0 Å². The minimum Gasteiger partial charge on any atom is -0.320 e. The number of benzene rings is 3. The van der Waals surface area contributed by atoms with Crippen molar-refractivity contribution < 1.29 is 0 Å². The van der Waals surface area contributed by atoms with Crippen molar-refractivity contribution >= 4 is 10.8 Å². The van der Waals surface area contributed by atoms with E-state index in [-0.39, 0.29) is 6.04 Å². The molecule has 1 nitrogen and oxygen atoms in total. The lowest BCUT2D eigenvalue weighted by Crippen LogP contribution is -2.11. The second-order valence-electron chi connectivity index (χ2n) is 4.46. The first-order chi connectivity index (χ1) is 8.86. The fraction of sp³-hybridized carbons (Fsp3) is 0.0588. The van der Waals surface area contributed by atoms with Crippen molar-refractivity contribution in [2.75, 3.05) is 0 Å². The molecule has 0 amide bonds. The third-order valence-corrected chi connectivity index (χ3v) is 3.32. The molecular weight excluding hydrogens is 218 g/mol. The van der Waals surface area contributed by atoms with Crippen LogP contribution in [0.25, 0.3) is 10.8 Å². The zero-order chi connectivity index (χ0) is 12.4. The Labute approximate surface area is 107 Å². The molecule has 18 heavy (non-hydrogen) atoms. The lowest BCUT2D eigenvalue weighted by atomic mass is 9.94. The van der Waals surface area contributed by atoms with E-state index < -0.39 is 0 Å². The molecular formula is C17H15N. The monoisotopic (exact) mass is 233 g/mol. The van der Waals surface area contributed by atoms with Crippen molar-refractivity contribution in [1.82, 2.24) is 0 Å². The van der Waals surface area contributed by atoms with E-state index in [1.807, 2.05) is 18.2 Å². The van der Waals surface area contributed by atoms with Gasteiger partial charge in [-0.3, -0.25) is 0 Å². The largest absolute Gasteiger partial charge is 0.320 e. The van der Waals surface area contributed by atoms with Crippen LogP contribution in [0.4, 0.5) is 0 Å². The second kappa shape index (κ2) is 4.63. The molecule has 0 aliphatic rings. The zero-order valence-corrected chi connectivity index (χ0v) is 10.1. The number of hydrogen-bond donors (Lipinski definition) is 1. The van der Waals surface area contributed by atoms with Gasteiger partial charge >= 0.3 is 0 Å². The van der Waals surface area contributed by atoms with Gasteiger partial charge in [-0.05, 0) is 21.9 Å². The Balaban J connectivity index is 2.15. The molecule has 0 radical (unpaired) electrons. The highest BCUT2D eigenvalue weighted by Crippen LogP contribution is 2.26. The van der Waals surface area contributed by atoms with Crippen LogP contribution in [0.15, 0.2) is 72.8 Å². The SMILES string of the molecule is NC(c1ccccc1)c1cccc2ccccc12. The first-order valence-electron chi connectivity index (χ1n) is 6.14. The van der Waals surface area contributed by atoms with Crippen molar-refractivity contribution in [2.24, 2.45) is 5.73 Å². The van der Waals surface area contributed by atoms with Crippen LogP contribution in [-0.2, 0) is 0 Å². The molecule has 1 heteroatoms. The summed E-state index contributed by atoms with van der Waals surface area (Å²) >= 11 is 0. The maximum absolute atomic E-state index is 6.38. The molecule has 1 atom stereocenters. The first kappa shape index (κ1) is 11.0. The van der Waals surface area contributed by atoms with Crippen molar-refractivity contribution in [3.63, 3.8) is 0 Å². The zero-order valence-electron chi connectivity index (χ0n) is 10.1. The van der Waals surface area contributed by atoms with Crippen molar-refractivity contribution in [3.05, 3.63) is 83.9 Å². The molecule has 0 aliphatic heterocycles. The molecule has 3 rings (SSSR count). The van der Waals surface area contributed by atoms with E-state index in [4.69, 9.17) is 5.73 Å². The van der Waals surface area contributed by atoms with Crippen LogP contribution in [0, 0.1) is 0 Å². The van der Waals surface area contributed by atoms with E-state index in [1.54, 1.807) is 0 Å². The van der Waals surface area contributed by atoms with E-state index >= 15 is 0 Å². The highest BCUT2D eigenvalue weighted by Gasteiger charge is 2.10. The van der Waals surface area contributed by atoms with Crippen LogP contribution in [0.3, 0.4) is 0 Å². The highest BCUT2D eigenvalue weighted by molar-refractivity contribution is 5.86. The summed E-state index contributed by atoms with van der Waals surface area (Å²) in [6.45, 7) is 0. The standard InChI is InChI=1S/C17H15N/c18-17(14-8-2-1-3-9-14)16-12-6-10-13-7-4-5-11-15(13)16/h1-12,17H,18H2. The van der Waals surface area contributed by atoms with E-state index in [1.165, 1.54) is 16.3 Å². The average molecular weight is 233 g/mol. The second-order valence-corrected chi connectivity index (χ2v) is 4.46. The summed E-state index contributed by atoms with van der Waals surface area (Å²) in [6.07, 6.45) is 0. The van der Waals surface area contributed by atoms with Gasteiger partial charge in [0.2, 0.25) is 0 Å². The summed E-state index contributed by atoms with van der Waals surface area (Å²) in [7, 11) is 0. The van der Waals surface area contributed by atoms with Gasteiger partial charge < -0.3 is 5.73 Å². The normalized spacial score (nSPS) is 12.5. The molecule has 3 aromatic rings. The van der Waals surface area contributed by atoms with Crippen molar-refractivity contribution in [2.45, 2.75) is 6.04 Å². The summed E-state index contributed by atoms with van der Waals surface area (Å²) in [5, 5.41) is 2.47. The van der Waals surface area contributed by atoms with Crippen LogP contribution in [0.5, 0.6) is 0 Å². The number of rotatable bonds is 2. The van der Waals surface area contributed by atoms with Gasteiger partial charge in [0.1, 0.15) is 0 Å². The Morgan fingerprint density at radius 3 is 2.17 bits per heavy atom. The molecule has 0 spiro atoms. The van der Waals surface area contributed by atoms with Crippen molar-refractivity contribution in [1.29, 1.82) is 0 Å². The molecule has 0 aromatic heterocycles. The fourth-order valence-corrected chi connectivity index (χ4v) is 2.36. The predicted octanol–water partition coefficient (Wildman–Crippen LogP) is 3.89. The number of nitrogens with two attached hydrogens (primary N) is 1. The molecule has 0 heterocycles. The van der Waals surface area contributed by atoms with E-state index in [0.29, 0.717) is 0 Å². The van der Waals surface area contributed by atoms with E-state index in [0.717, 1.165) is 5.56 Å². The Morgan fingerprint density at radius 2 is 1.33 bits per heavy atom. The lowest BCUT2D eigenvalue weighted by molar-refractivity contribution is 0.881. The topological polar surface area (TPSA) is 26.0 Å². The molecule has 88 valence electrons. The summed E-state index contributed by atoms with van der Waals surface area (Å²) < 4.78 is 0. The fourth-order valence-electron chi connectivity index (χ4n) is 2.36. The van der Waals surface area contributed by atoms with Crippen LogP contribution < -0.4 is 5.73 Å². The van der Waals surface area contributed by atoms with Gasteiger partial charge in [0.15, 0.2) is 0 Å². The third-order valence-electron chi connectivity index (χ3n) is 3.32. The van der Waals surface area contributed by atoms with Crippen LogP contribution >= 0.6 is 0 Å². The van der Waals surface area contributed by atoms with Gasteiger partial charge in [-0.1, -0.05) is 72.8 Å². The lowest BCUT2D eigenvalue weighted by Gasteiger charge is -2.15. The van der Waals surface area contributed by atoms with E-state index in [9.17, 15) is 0 Å². The summed E-state index contributed by atoms with van der Waals surface area (Å²) in [5.41, 5.74) is 8.71. The molecule has 2 N–H and O–H groups in total. The minimum absolute atomic E-state index is 0.0719. The predicted molar refractivity (Wildman–Crippen MR) is 76.4 cm³/mol. The van der Waals surface area contributed by atoms with Crippen LogP contribution in [-0.4, -0.2) is 0 Å².